The van der Waals surface area contributed by atoms with Crippen LogP contribution >= 0.6 is 0 Å². The quantitative estimate of drug-likeness (QED) is 0.816. The molecule has 4 heteroatoms. The molecule has 0 amide bonds. The van der Waals surface area contributed by atoms with E-state index in [1.807, 2.05) is 38.3 Å². The summed E-state index contributed by atoms with van der Waals surface area (Å²) in [6, 6.07) is 2.02. The van der Waals surface area contributed by atoms with Crippen molar-refractivity contribution in [2.24, 2.45) is 0 Å². The van der Waals surface area contributed by atoms with E-state index in [0.717, 1.165) is 30.1 Å². The maximum absolute atomic E-state index is 5.79. The number of nitrogens with one attached hydrogen (secondary N) is 1. The molecule has 1 saturated carbocycles. The van der Waals surface area contributed by atoms with Gasteiger partial charge in [-0.3, -0.25) is 0 Å². The number of hydrogen-bond donors (Lipinski definition) is 1. The van der Waals surface area contributed by atoms with Crippen LogP contribution in [0.3, 0.4) is 0 Å². The predicted octanol–water partition coefficient (Wildman–Crippen LogP) is 1.73. The fourth-order valence-electron chi connectivity index (χ4n) is 1.32. The third-order valence-corrected chi connectivity index (χ3v) is 2.41. The molecule has 0 bridgehead atoms. The van der Waals surface area contributed by atoms with Crippen molar-refractivity contribution in [3.63, 3.8) is 0 Å². The summed E-state index contributed by atoms with van der Waals surface area (Å²) in [7, 11) is 5.85. The van der Waals surface area contributed by atoms with Crippen LogP contribution in [0, 0.1) is 0 Å². The van der Waals surface area contributed by atoms with Gasteiger partial charge in [0, 0.05) is 27.2 Å². The lowest BCUT2D eigenvalue weighted by Gasteiger charge is -2.15. The molecule has 2 rings (SSSR count). The van der Waals surface area contributed by atoms with Gasteiger partial charge >= 0.3 is 0 Å². The van der Waals surface area contributed by atoms with Gasteiger partial charge in [-0.25, -0.2) is 4.98 Å². The van der Waals surface area contributed by atoms with Gasteiger partial charge in [0.25, 0.3) is 0 Å². The van der Waals surface area contributed by atoms with Crippen LogP contribution in [-0.2, 0) is 0 Å². The molecule has 0 aliphatic heterocycles. The van der Waals surface area contributed by atoms with Crippen LogP contribution in [0.15, 0.2) is 12.3 Å². The fraction of sp³-hybridized carbons (Fsp3) is 0.545. The summed E-state index contributed by atoms with van der Waals surface area (Å²) in [5.74, 6) is 1.67. The molecule has 0 radical (unpaired) electrons. The molecule has 1 heterocycles. The molecule has 1 fully saturated rings. The number of rotatable bonds is 4. The summed E-state index contributed by atoms with van der Waals surface area (Å²) in [4.78, 5) is 6.34. The van der Waals surface area contributed by atoms with Crippen molar-refractivity contribution in [1.29, 1.82) is 0 Å². The molecule has 0 atom stereocenters. The molecule has 1 N–H and O–H groups in total. The normalized spacial score (nSPS) is 14.9. The van der Waals surface area contributed by atoms with Gasteiger partial charge in [0.1, 0.15) is 0 Å². The van der Waals surface area contributed by atoms with E-state index >= 15 is 0 Å². The molecular weight excluding hydrogens is 190 g/mol. The maximum atomic E-state index is 5.79. The maximum Gasteiger partial charge on any atom is 0.168 e. The monoisotopic (exact) mass is 207 g/mol. The van der Waals surface area contributed by atoms with Gasteiger partial charge in [-0.05, 0) is 12.8 Å². The second kappa shape index (κ2) is 3.96. The van der Waals surface area contributed by atoms with Gasteiger partial charge < -0.3 is 15.0 Å². The first-order valence-electron chi connectivity index (χ1n) is 5.22. The van der Waals surface area contributed by atoms with E-state index in [9.17, 15) is 0 Å². The second-order valence-electron chi connectivity index (χ2n) is 4.00. The Morgan fingerprint density at radius 3 is 2.73 bits per heavy atom. The third-order valence-electron chi connectivity index (χ3n) is 2.41. The number of nitrogens with zero attached hydrogens (tertiary/aromatic N) is 2. The zero-order valence-electron chi connectivity index (χ0n) is 9.45. The summed E-state index contributed by atoms with van der Waals surface area (Å²) < 4.78 is 5.79. The molecule has 0 unspecified atom stereocenters. The highest BCUT2D eigenvalue weighted by Gasteiger charge is 2.25. The zero-order chi connectivity index (χ0) is 10.8. The molecule has 1 aliphatic rings. The largest absolute Gasteiger partial charge is 0.486 e. The third kappa shape index (κ3) is 2.32. The highest BCUT2D eigenvalue weighted by atomic mass is 16.5. The van der Waals surface area contributed by atoms with Gasteiger partial charge in [0.2, 0.25) is 0 Å². The standard InChI is InChI=1S/C11H17N3O/c1-12-11-10(15-9-4-5-9)6-8(7-13-11)14(2)3/h6-7,9H,4-5H2,1-3H3,(H,12,13). The van der Waals surface area contributed by atoms with Gasteiger partial charge in [0.15, 0.2) is 11.6 Å². The number of ether oxygens (including phenoxy) is 1. The van der Waals surface area contributed by atoms with E-state index in [0.29, 0.717) is 6.10 Å². The van der Waals surface area contributed by atoms with Crippen LogP contribution < -0.4 is 15.0 Å². The van der Waals surface area contributed by atoms with E-state index in [2.05, 4.69) is 10.3 Å². The van der Waals surface area contributed by atoms with Crippen molar-refractivity contribution >= 4 is 11.5 Å². The number of aromatic nitrogens is 1. The van der Waals surface area contributed by atoms with Gasteiger partial charge in [-0.2, -0.15) is 0 Å². The molecule has 1 aliphatic carbocycles. The Morgan fingerprint density at radius 1 is 1.47 bits per heavy atom. The molecule has 1 aromatic rings. The minimum Gasteiger partial charge on any atom is -0.486 e. The topological polar surface area (TPSA) is 37.4 Å². The first-order valence-corrected chi connectivity index (χ1v) is 5.22. The van der Waals surface area contributed by atoms with E-state index in [1.54, 1.807) is 0 Å². The lowest BCUT2D eigenvalue weighted by molar-refractivity contribution is 0.304. The van der Waals surface area contributed by atoms with Crippen LogP contribution in [0.25, 0.3) is 0 Å². The van der Waals surface area contributed by atoms with Crippen LogP contribution in [0.5, 0.6) is 5.75 Å². The lowest BCUT2D eigenvalue weighted by atomic mass is 10.3. The Labute approximate surface area is 90.3 Å². The smallest absolute Gasteiger partial charge is 0.168 e. The first-order chi connectivity index (χ1) is 7.20. The summed E-state index contributed by atoms with van der Waals surface area (Å²) in [5.41, 5.74) is 1.06. The van der Waals surface area contributed by atoms with E-state index in [4.69, 9.17) is 4.74 Å². The van der Waals surface area contributed by atoms with E-state index < -0.39 is 0 Å². The zero-order valence-corrected chi connectivity index (χ0v) is 9.45. The van der Waals surface area contributed by atoms with Crippen LogP contribution in [-0.4, -0.2) is 32.2 Å². The van der Waals surface area contributed by atoms with Crippen LogP contribution in [0.4, 0.5) is 11.5 Å². The Kier molecular flexibility index (Phi) is 2.66. The fourth-order valence-corrected chi connectivity index (χ4v) is 1.32. The molecular formula is C11H17N3O. The average Bonchev–Trinajstić information content (AvgIpc) is 3.01. The lowest BCUT2D eigenvalue weighted by Crippen LogP contribution is -2.10. The molecule has 0 aromatic carbocycles. The molecule has 0 spiro atoms. The highest BCUT2D eigenvalue weighted by molar-refractivity contribution is 5.58. The van der Waals surface area contributed by atoms with Gasteiger partial charge in [0.05, 0.1) is 18.0 Å². The summed E-state index contributed by atoms with van der Waals surface area (Å²) in [6.45, 7) is 0. The van der Waals surface area contributed by atoms with E-state index in [1.165, 1.54) is 0 Å². The van der Waals surface area contributed by atoms with E-state index in [-0.39, 0.29) is 0 Å². The molecule has 15 heavy (non-hydrogen) atoms. The Morgan fingerprint density at radius 2 is 2.20 bits per heavy atom. The minimum absolute atomic E-state index is 0.399. The minimum atomic E-state index is 0.399. The molecule has 82 valence electrons. The Balaban J connectivity index is 2.24. The van der Waals surface area contributed by atoms with Crippen molar-refractivity contribution in [1.82, 2.24) is 4.98 Å². The second-order valence-corrected chi connectivity index (χ2v) is 4.00. The molecule has 1 aromatic heterocycles. The van der Waals surface area contributed by atoms with Crippen LogP contribution in [0.1, 0.15) is 12.8 Å². The Bertz CT molecular complexity index is 348. The highest BCUT2D eigenvalue weighted by Crippen LogP contribution is 2.32. The van der Waals surface area contributed by atoms with Crippen molar-refractivity contribution in [3.8, 4) is 5.75 Å². The predicted molar refractivity (Wildman–Crippen MR) is 61.8 cm³/mol. The van der Waals surface area contributed by atoms with Crippen molar-refractivity contribution < 1.29 is 4.74 Å². The number of anilines is 2. The Hall–Kier alpha value is -1.45. The summed E-state index contributed by atoms with van der Waals surface area (Å²) in [6.07, 6.45) is 4.56. The van der Waals surface area contributed by atoms with Crippen molar-refractivity contribution in [2.75, 3.05) is 31.4 Å². The summed E-state index contributed by atoms with van der Waals surface area (Å²) >= 11 is 0. The first kappa shape index (κ1) is 10.1. The summed E-state index contributed by atoms with van der Waals surface area (Å²) in [5, 5.41) is 3.04. The molecule has 4 nitrogen and oxygen atoms in total. The SMILES string of the molecule is CNc1ncc(N(C)C)cc1OC1CC1. The van der Waals surface area contributed by atoms with Gasteiger partial charge in [-0.1, -0.05) is 0 Å². The average molecular weight is 207 g/mol. The number of pyridine rings is 1. The number of hydrogen-bond acceptors (Lipinski definition) is 4. The van der Waals surface area contributed by atoms with Crippen LogP contribution in [0.2, 0.25) is 0 Å². The van der Waals surface area contributed by atoms with Gasteiger partial charge in [-0.15, -0.1) is 0 Å². The van der Waals surface area contributed by atoms with Crippen molar-refractivity contribution in [3.05, 3.63) is 12.3 Å². The van der Waals surface area contributed by atoms with Crippen molar-refractivity contribution in [2.45, 2.75) is 18.9 Å². The molecule has 0 saturated heterocycles.